The molecule has 0 saturated carbocycles. The lowest BCUT2D eigenvalue weighted by Gasteiger charge is -2.40. The fourth-order valence-electron chi connectivity index (χ4n) is 4.97. The molecule has 0 aliphatic carbocycles. The van der Waals surface area contributed by atoms with Crippen molar-refractivity contribution in [1.29, 1.82) is 0 Å². The Bertz CT molecular complexity index is 1060. The molecule has 2 saturated heterocycles. The number of ether oxygens (including phenoxy) is 3. The summed E-state index contributed by atoms with van der Waals surface area (Å²) in [5.74, 6) is 1.02. The molecule has 2 fully saturated rings. The second-order valence-corrected chi connectivity index (χ2v) is 9.77. The number of nitrogens with zero attached hydrogens (tertiary/aromatic N) is 3. The lowest BCUT2D eigenvalue weighted by molar-refractivity contribution is -0.141. The van der Waals surface area contributed by atoms with E-state index in [0.717, 1.165) is 11.3 Å². The number of rotatable bonds is 9. The molecule has 196 valence electrons. The van der Waals surface area contributed by atoms with Gasteiger partial charge in [-0.15, -0.1) is 0 Å². The van der Waals surface area contributed by atoms with Crippen LogP contribution in [0.2, 0.25) is 0 Å². The molecule has 1 aromatic heterocycles. The molecule has 10 nitrogen and oxygen atoms in total. The number of amides is 1. The third-order valence-electron chi connectivity index (χ3n) is 7.48. The summed E-state index contributed by atoms with van der Waals surface area (Å²) in [5.41, 5.74) is 1.24. The van der Waals surface area contributed by atoms with Crippen molar-refractivity contribution < 1.29 is 34.3 Å². The van der Waals surface area contributed by atoms with Crippen LogP contribution in [0, 0.1) is 5.41 Å². The highest BCUT2D eigenvalue weighted by Crippen LogP contribution is 2.47. The second kappa shape index (κ2) is 10.5. The Morgan fingerprint density at radius 1 is 1.14 bits per heavy atom. The summed E-state index contributed by atoms with van der Waals surface area (Å²) < 4.78 is 17.0. The third kappa shape index (κ3) is 4.93. The Morgan fingerprint density at radius 3 is 2.47 bits per heavy atom. The predicted octanol–water partition coefficient (Wildman–Crippen LogP) is 1.03. The molecule has 3 heterocycles. The highest BCUT2D eigenvalue weighted by atomic mass is 16.5. The first kappa shape index (κ1) is 26.0. The Morgan fingerprint density at radius 2 is 1.89 bits per heavy atom. The minimum absolute atomic E-state index is 0.0410. The van der Waals surface area contributed by atoms with Crippen LogP contribution in [0.3, 0.4) is 0 Å². The molecule has 2 aliphatic rings. The van der Waals surface area contributed by atoms with Crippen molar-refractivity contribution in [2.24, 2.45) is 5.41 Å². The van der Waals surface area contributed by atoms with E-state index in [9.17, 15) is 20.1 Å². The average molecular weight is 502 g/mol. The molecule has 36 heavy (non-hydrogen) atoms. The summed E-state index contributed by atoms with van der Waals surface area (Å²) in [6.45, 7) is 4.96. The zero-order valence-electron chi connectivity index (χ0n) is 21.1. The Hall–Kier alpha value is -3.08. The molecule has 0 radical (unpaired) electrons. The number of hydrogen-bond acceptors (Lipinski definition) is 9. The number of methoxy groups -OCH3 is 2. The molecule has 4 atom stereocenters. The molecule has 10 heteroatoms. The van der Waals surface area contributed by atoms with E-state index in [1.807, 2.05) is 37.3 Å². The van der Waals surface area contributed by atoms with Crippen molar-refractivity contribution in [3.8, 4) is 17.4 Å². The fraction of sp³-hybridized carbons (Fsp3) is 0.538. The van der Waals surface area contributed by atoms with Crippen molar-refractivity contribution in [1.82, 2.24) is 9.88 Å². The second-order valence-electron chi connectivity index (χ2n) is 9.77. The number of likely N-dealkylation sites (tertiary alicyclic amines) is 1. The van der Waals surface area contributed by atoms with Gasteiger partial charge < -0.3 is 39.3 Å². The lowest BCUT2D eigenvalue weighted by Crippen LogP contribution is -2.54. The fourth-order valence-corrected chi connectivity index (χ4v) is 4.97. The van der Waals surface area contributed by atoms with Gasteiger partial charge in [-0.25, -0.2) is 4.98 Å². The molecule has 1 amide bonds. The molecule has 1 aromatic carbocycles. The number of carbonyl (C=O) groups is 1. The number of anilines is 1. The summed E-state index contributed by atoms with van der Waals surface area (Å²) in [4.78, 5) is 20.5. The van der Waals surface area contributed by atoms with Crippen LogP contribution >= 0.6 is 0 Å². The smallest absolute Gasteiger partial charge is 0.253 e. The van der Waals surface area contributed by atoms with Gasteiger partial charge in [0.15, 0.2) is 17.6 Å². The number of aliphatic hydroxyl groups is 3. The van der Waals surface area contributed by atoms with Crippen molar-refractivity contribution >= 4 is 11.6 Å². The highest BCUT2D eigenvalue weighted by molar-refractivity contribution is 5.81. The van der Waals surface area contributed by atoms with Crippen LogP contribution in [-0.4, -0.2) is 96.4 Å². The van der Waals surface area contributed by atoms with Gasteiger partial charge in [0.05, 0.1) is 51.9 Å². The largest absolute Gasteiger partial charge is 0.493 e. The van der Waals surface area contributed by atoms with Crippen LogP contribution in [-0.2, 0) is 4.79 Å². The summed E-state index contributed by atoms with van der Waals surface area (Å²) in [5, 5.41) is 29.7. The highest BCUT2D eigenvalue weighted by Gasteiger charge is 2.49. The van der Waals surface area contributed by atoms with E-state index < -0.39 is 30.1 Å². The maximum Gasteiger partial charge on any atom is 0.253 e. The molecule has 4 rings (SSSR count). The maximum atomic E-state index is 12.6. The number of hydrogen-bond donors (Lipinski definition) is 3. The number of aliphatic hydroxyl groups excluding tert-OH is 3. The van der Waals surface area contributed by atoms with E-state index >= 15 is 0 Å². The summed E-state index contributed by atoms with van der Waals surface area (Å²) in [7, 11) is 3.17. The van der Waals surface area contributed by atoms with Gasteiger partial charge in [0, 0.05) is 30.5 Å². The normalized spacial score (nSPS) is 23.7. The summed E-state index contributed by atoms with van der Waals surface area (Å²) in [6.07, 6.45) is -0.454. The van der Waals surface area contributed by atoms with E-state index in [2.05, 4.69) is 9.88 Å². The summed E-state index contributed by atoms with van der Waals surface area (Å²) >= 11 is 0. The number of carbonyl (C=O) groups excluding carboxylic acids is 1. The summed E-state index contributed by atoms with van der Waals surface area (Å²) in [6, 6.07) is 9.46. The first-order chi connectivity index (χ1) is 17.2. The lowest BCUT2D eigenvalue weighted by atomic mass is 9.72. The van der Waals surface area contributed by atoms with Gasteiger partial charge in [-0.2, -0.15) is 0 Å². The predicted molar refractivity (Wildman–Crippen MR) is 133 cm³/mol. The minimum atomic E-state index is -1.47. The van der Waals surface area contributed by atoms with Crippen LogP contribution in [0.5, 0.6) is 17.4 Å². The van der Waals surface area contributed by atoms with Crippen LogP contribution < -0.4 is 19.1 Å². The Labute approximate surface area is 211 Å². The van der Waals surface area contributed by atoms with Gasteiger partial charge in [-0.05, 0) is 30.7 Å². The van der Waals surface area contributed by atoms with Crippen LogP contribution in [0.4, 0.5) is 5.69 Å². The molecule has 3 N–H and O–H groups in total. The van der Waals surface area contributed by atoms with Crippen LogP contribution in [0.1, 0.15) is 25.3 Å². The van der Waals surface area contributed by atoms with Crippen LogP contribution in [0.25, 0.3) is 0 Å². The quantitative estimate of drug-likeness (QED) is 0.462. The van der Waals surface area contributed by atoms with Gasteiger partial charge in [-0.1, -0.05) is 13.0 Å². The van der Waals surface area contributed by atoms with Gasteiger partial charge in [-0.3, -0.25) is 4.79 Å². The third-order valence-corrected chi connectivity index (χ3v) is 7.48. The first-order valence-corrected chi connectivity index (χ1v) is 12.1. The molecule has 2 aromatic rings. The van der Waals surface area contributed by atoms with Gasteiger partial charge in [0.1, 0.15) is 6.10 Å². The van der Waals surface area contributed by atoms with E-state index in [-0.39, 0.29) is 18.6 Å². The maximum absolute atomic E-state index is 12.6. The number of aromatic nitrogens is 1. The van der Waals surface area contributed by atoms with E-state index in [1.54, 1.807) is 27.3 Å². The molecular weight excluding hydrogens is 466 g/mol. The average Bonchev–Trinajstić information content (AvgIpc) is 3.23. The topological polar surface area (TPSA) is 125 Å². The molecule has 0 spiro atoms. The van der Waals surface area contributed by atoms with Crippen molar-refractivity contribution in [3.63, 3.8) is 0 Å². The monoisotopic (exact) mass is 501 g/mol. The number of benzene rings is 1. The molecule has 0 bridgehead atoms. The standard InChI is InChI=1S/C26H35N3O7/c1-16(31)26(2)15-29(25(33)21(32)14-30)13-20(26)17-5-7-22(34-3)23(9-17)36-19-11-28(12-19)18-6-8-24(35-4)27-10-18/h5-10,16,19-21,30-32H,11-15H2,1-4H3/t16-,20+,21?,26+/m1/s1. The van der Waals surface area contributed by atoms with Gasteiger partial charge >= 0.3 is 0 Å². The molecular formula is C26H35N3O7. The van der Waals surface area contributed by atoms with Crippen molar-refractivity contribution in [2.45, 2.75) is 38.1 Å². The molecule has 1 unspecified atom stereocenters. The number of pyridine rings is 1. The minimum Gasteiger partial charge on any atom is -0.493 e. The molecule has 2 aliphatic heterocycles. The Kier molecular flexibility index (Phi) is 7.58. The van der Waals surface area contributed by atoms with Gasteiger partial charge in [0.2, 0.25) is 5.88 Å². The SMILES string of the molecule is COc1ccc(N2CC(Oc3cc([C@@H]4CN(C(=O)C(O)CO)C[C@@]4(C)[C@@H](C)O)ccc3OC)C2)cn1. The van der Waals surface area contributed by atoms with Crippen molar-refractivity contribution in [2.75, 3.05) is 51.9 Å². The van der Waals surface area contributed by atoms with Gasteiger partial charge in [0.25, 0.3) is 5.91 Å². The Balaban J connectivity index is 1.50. The zero-order chi connectivity index (χ0) is 26.0. The van der Waals surface area contributed by atoms with Crippen molar-refractivity contribution in [3.05, 3.63) is 42.1 Å². The zero-order valence-corrected chi connectivity index (χ0v) is 21.1. The van der Waals surface area contributed by atoms with E-state index in [4.69, 9.17) is 14.2 Å². The first-order valence-electron chi connectivity index (χ1n) is 12.1. The van der Waals surface area contributed by atoms with E-state index in [0.29, 0.717) is 37.0 Å². The van der Waals surface area contributed by atoms with E-state index in [1.165, 1.54) is 4.90 Å². The van der Waals surface area contributed by atoms with Crippen LogP contribution in [0.15, 0.2) is 36.5 Å².